The summed E-state index contributed by atoms with van der Waals surface area (Å²) < 4.78 is 0.833. The Kier molecular flexibility index (Phi) is 5.00. The number of halogens is 1. The molecule has 0 aliphatic heterocycles. The van der Waals surface area contributed by atoms with Crippen LogP contribution in [0.15, 0.2) is 22.7 Å². The minimum atomic E-state index is -0.899. The fraction of sp³-hybridized carbons (Fsp3) is 0.462. The molecule has 0 atom stereocenters. The van der Waals surface area contributed by atoms with E-state index >= 15 is 0 Å². The van der Waals surface area contributed by atoms with Crippen molar-refractivity contribution in [1.29, 1.82) is 0 Å². The molecule has 0 amide bonds. The Bertz CT molecular complexity index is 404. The van der Waals surface area contributed by atoms with Gasteiger partial charge in [-0.2, -0.15) is 0 Å². The molecule has 0 aromatic heterocycles. The molecule has 1 N–H and O–H groups in total. The highest BCUT2D eigenvalue weighted by Gasteiger charge is 2.14. The Morgan fingerprint density at radius 1 is 1.47 bits per heavy atom. The quantitative estimate of drug-likeness (QED) is 0.900. The van der Waals surface area contributed by atoms with Gasteiger partial charge in [0.25, 0.3) is 0 Å². The zero-order chi connectivity index (χ0) is 13.0. The summed E-state index contributed by atoms with van der Waals surface area (Å²) in [5.74, 6) is -0.899. The third-order valence-electron chi connectivity index (χ3n) is 2.59. The second kappa shape index (κ2) is 6.05. The number of benzene rings is 1. The van der Waals surface area contributed by atoms with Gasteiger partial charge in [-0.05, 0) is 54.4 Å². The lowest BCUT2D eigenvalue weighted by molar-refractivity contribution is 0.0697. The van der Waals surface area contributed by atoms with Crippen molar-refractivity contribution in [2.75, 3.05) is 11.4 Å². The van der Waals surface area contributed by atoms with Crippen LogP contribution >= 0.6 is 15.9 Å². The monoisotopic (exact) mass is 299 g/mol. The van der Waals surface area contributed by atoms with Crippen LogP contribution in [-0.4, -0.2) is 23.7 Å². The van der Waals surface area contributed by atoms with E-state index < -0.39 is 5.97 Å². The lowest BCUT2D eigenvalue weighted by Gasteiger charge is -2.29. The summed E-state index contributed by atoms with van der Waals surface area (Å²) in [6.45, 7) is 7.36. The van der Waals surface area contributed by atoms with Crippen LogP contribution in [0.4, 0.5) is 5.69 Å². The first-order chi connectivity index (χ1) is 7.97. The number of rotatable bonds is 5. The van der Waals surface area contributed by atoms with Crippen LogP contribution in [0.3, 0.4) is 0 Å². The molecule has 1 rings (SSSR count). The predicted octanol–water partition coefficient (Wildman–Crippen LogP) is 3.77. The molecule has 0 spiro atoms. The maximum Gasteiger partial charge on any atom is 0.335 e. The van der Waals surface area contributed by atoms with Gasteiger partial charge in [0.15, 0.2) is 0 Å². The highest BCUT2D eigenvalue weighted by atomic mass is 79.9. The Morgan fingerprint density at radius 3 is 2.53 bits per heavy atom. The van der Waals surface area contributed by atoms with Crippen LogP contribution < -0.4 is 4.90 Å². The molecular weight excluding hydrogens is 282 g/mol. The van der Waals surface area contributed by atoms with E-state index in [1.54, 1.807) is 12.1 Å². The minimum Gasteiger partial charge on any atom is -0.478 e. The van der Waals surface area contributed by atoms with Gasteiger partial charge < -0.3 is 10.0 Å². The molecule has 3 nitrogen and oxygen atoms in total. The van der Waals surface area contributed by atoms with Crippen LogP contribution in [0.25, 0.3) is 0 Å². The van der Waals surface area contributed by atoms with E-state index in [1.165, 1.54) is 0 Å². The number of carboxylic acids is 1. The Labute approximate surface area is 111 Å². The summed E-state index contributed by atoms with van der Waals surface area (Å²) >= 11 is 3.45. The van der Waals surface area contributed by atoms with Crippen LogP contribution in [0.5, 0.6) is 0 Å². The molecule has 0 heterocycles. The van der Waals surface area contributed by atoms with Crippen molar-refractivity contribution in [3.8, 4) is 0 Å². The normalized spacial score (nSPS) is 10.6. The maximum absolute atomic E-state index is 10.9. The first-order valence-electron chi connectivity index (χ1n) is 5.76. The summed E-state index contributed by atoms with van der Waals surface area (Å²) in [6.07, 6.45) is 1.06. The van der Waals surface area contributed by atoms with E-state index in [-0.39, 0.29) is 0 Å². The van der Waals surface area contributed by atoms with Gasteiger partial charge in [0.05, 0.1) is 11.3 Å². The SMILES string of the molecule is CCCN(c1ccc(C(=O)O)cc1Br)C(C)C. The molecule has 1 aromatic rings. The molecule has 0 fully saturated rings. The second-order valence-corrected chi connectivity index (χ2v) is 5.11. The van der Waals surface area contributed by atoms with Crippen LogP contribution in [0, 0.1) is 0 Å². The molecule has 0 saturated carbocycles. The van der Waals surface area contributed by atoms with Gasteiger partial charge in [-0.1, -0.05) is 6.92 Å². The molecule has 0 bridgehead atoms. The van der Waals surface area contributed by atoms with Crippen LogP contribution in [0.1, 0.15) is 37.6 Å². The average molecular weight is 300 g/mol. The smallest absolute Gasteiger partial charge is 0.335 e. The van der Waals surface area contributed by atoms with E-state index in [2.05, 4.69) is 41.6 Å². The third kappa shape index (κ3) is 3.46. The number of aromatic carboxylic acids is 1. The van der Waals surface area contributed by atoms with Gasteiger partial charge in [0.2, 0.25) is 0 Å². The standard InChI is InChI=1S/C13H18BrNO2/c1-4-7-15(9(2)3)12-6-5-10(13(16)17)8-11(12)14/h5-6,8-9H,4,7H2,1-3H3,(H,16,17). The lowest BCUT2D eigenvalue weighted by atomic mass is 10.1. The minimum absolute atomic E-state index is 0.306. The highest BCUT2D eigenvalue weighted by Crippen LogP contribution is 2.29. The summed E-state index contributed by atoms with van der Waals surface area (Å²) in [5, 5.41) is 8.92. The molecule has 0 aliphatic carbocycles. The van der Waals surface area contributed by atoms with E-state index in [0.717, 1.165) is 23.1 Å². The number of anilines is 1. The van der Waals surface area contributed by atoms with Gasteiger partial charge >= 0.3 is 5.97 Å². The predicted molar refractivity (Wildman–Crippen MR) is 73.9 cm³/mol. The van der Waals surface area contributed by atoms with E-state index in [9.17, 15) is 4.79 Å². The summed E-state index contributed by atoms with van der Waals surface area (Å²) in [5.41, 5.74) is 1.35. The number of nitrogens with zero attached hydrogens (tertiary/aromatic N) is 1. The van der Waals surface area contributed by atoms with E-state index in [1.807, 2.05) is 6.07 Å². The number of hydrogen-bond acceptors (Lipinski definition) is 2. The van der Waals surface area contributed by atoms with Crippen molar-refractivity contribution >= 4 is 27.6 Å². The van der Waals surface area contributed by atoms with Crippen LogP contribution in [-0.2, 0) is 0 Å². The van der Waals surface area contributed by atoms with Crippen molar-refractivity contribution in [3.63, 3.8) is 0 Å². The molecule has 0 aliphatic rings. The Morgan fingerprint density at radius 2 is 2.12 bits per heavy atom. The first-order valence-corrected chi connectivity index (χ1v) is 6.56. The van der Waals surface area contributed by atoms with Crippen molar-refractivity contribution in [2.24, 2.45) is 0 Å². The molecule has 0 radical (unpaired) electrons. The van der Waals surface area contributed by atoms with Crippen molar-refractivity contribution in [1.82, 2.24) is 0 Å². The lowest BCUT2D eigenvalue weighted by Crippen LogP contribution is -2.31. The summed E-state index contributed by atoms with van der Waals surface area (Å²) in [4.78, 5) is 13.1. The van der Waals surface area contributed by atoms with Gasteiger partial charge in [-0.25, -0.2) is 4.79 Å². The number of carboxylic acid groups (broad SMARTS) is 1. The summed E-state index contributed by atoms with van der Waals surface area (Å²) in [6, 6.07) is 5.56. The maximum atomic E-state index is 10.9. The zero-order valence-corrected chi connectivity index (χ0v) is 12.0. The van der Waals surface area contributed by atoms with Gasteiger partial charge in [-0.15, -0.1) is 0 Å². The molecule has 4 heteroatoms. The van der Waals surface area contributed by atoms with E-state index in [0.29, 0.717) is 11.6 Å². The molecule has 1 aromatic carbocycles. The molecule has 0 unspecified atom stereocenters. The average Bonchev–Trinajstić information content (AvgIpc) is 2.26. The third-order valence-corrected chi connectivity index (χ3v) is 3.23. The number of carbonyl (C=O) groups is 1. The van der Waals surface area contributed by atoms with Crippen molar-refractivity contribution in [2.45, 2.75) is 33.2 Å². The van der Waals surface area contributed by atoms with Crippen molar-refractivity contribution in [3.05, 3.63) is 28.2 Å². The topological polar surface area (TPSA) is 40.5 Å². The van der Waals surface area contributed by atoms with E-state index in [4.69, 9.17) is 5.11 Å². The Balaban J connectivity index is 3.08. The molecule has 94 valence electrons. The second-order valence-electron chi connectivity index (χ2n) is 4.26. The Hall–Kier alpha value is -1.03. The fourth-order valence-electron chi connectivity index (χ4n) is 1.77. The largest absolute Gasteiger partial charge is 0.478 e. The van der Waals surface area contributed by atoms with Gasteiger partial charge in [0.1, 0.15) is 0 Å². The summed E-state index contributed by atoms with van der Waals surface area (Å²) in [7, 11) is 0. The van der Waals surface area contributed by atoms with Gasteiger partial charge in [-0.3, -0.25) is 0 Å². The van der Waals surface area contributed by atoms with Crippen LogP contribution in [0.2, 0.25) is 0 Å². The molecule has 0 saturated heterocycles. The first kappa shape index (κ1) is 14.0. The van der Waals surface area contributed by atoms with Crippen molar-refractivity contribution < 1.29 is 9.90 Å². The highest BCUT2D eigenvalue weighted by molar-refractivity contribution is 9.10. The zero-order valence-electron chi connectivity index (χ0n) is 10.4. The molecule has 17 heavy (non-hydrogen) atoms. The molecular formula is C13H18BrNO2. The van der Waals surface area contributed by atoms with Gasteiger partial charge in [0, 0.05) is 17.1 Å². The number of hydrogen-bond donors (Lipinski definition) is 1. The fourth-order valence-corrected chi connectivity index (χ4v) is 2.38.